The van der Waals surface area contributed by atoms with E-state index in [1.165, 1.54) is 11.1 Å². The summed E-state index contributed by atoms with van der Waals surface area (Å²) >= 11 is 0. The Morgan fingerprint density at radius 2 is 1.79 bits per heavy atom. The van der Waals surface area contributed by atoms with Crippen molar-refractivity contribution in [1.29, 1.82) is 0 Å². The zero-order valence-corrected chi connectivity index (χ0v) is 11.1. The van der Waals surface area contributed by atoms with Gasteiger partial charge in [0.15, 0.2) is 5.78 Å². The van der Waals surface area contributed by atoms with Crippen LogP contribution in [0.1, 0.15) is 27.9 Å². The Morgan fingerprint density at radius 3 is 2.47 bits per heavy atom. The molecule has 19 heavy (non-hydrogen) atoms. The first-order valence-electron chi connectivity index (χ1n) is 6.45. The third kappa shape index (κ3) is 4.30. The number of nitrogens with one attached hydrogen (secondary N) is 1. The van der Waals surface area contributed by atoms with Crippen molar-refractivity contribution in [3.8, 4) is 0 Å². The summed E-state index contributed by atoms with van der Waals surface area (Å²) in [6.45, 7) is 3.48. The molecule has 1 aromatic heterocycles. The van der Waals surface area contributed by atoms with E-state index in [1.807, 2.05) is 43.3 Å². The second kappa shape index (κ2) is 6.81. The fourth-order valence-electron chi connectivity index (χ4n) is 1.82. The highest BCUT2D eigenvalue weighted by atomic mass is 16.1. The van der Waals surface area contributed by atoms with Crippen LogP contribution in [0.2, 0.25) is 0 Å². The molecule has 0 saturated carbocycles. The number of carbonyl (C=O) groups is 1. The number of Topliss-reactive ketones (excluding diaryl/α,β-unsaturated/α-hetero) is 1. The molecule has 0 bridgehead atoms. The number of hydrogen-bond donors (Lipinski definition) is 1. The molecule has 3 nitrogen and oxygen atoms in total. The minimum atomic E-state index is 0.183. The van der Waals surface area contributed by atoms with Crippen molar-refractivity contribution in [1.82, 2.24) is 10.3 Å². The molecule has 98 valence electrons. The minimum absolute atomic E-state index is 0.183. The van der Waals surface area contributed by atoms with Gasteiger partial charge in [-0.2, -0.15) is 0 Å². The van der Waals surface area contributed by atoms with Gasteiger partial charge in [0.1, 0.15) is 0 Å². The van der Waals surface area contributed by atoms with Gasteiger partial charge in [-0.25, -0.2) is 0 Å². The Bertz CT molecular complexity index is 520. The maximum Gasteiger partial charge on any atom is 0.164 e. The summed E-state index contributed by atoms with van der Waals surface area (Å²) < 4.78 is 0. The van der Waals surface area contributed by atoms with E-state index in [0.29, 0.717) is 13.0 Å². The van der Waals surface area contributed by atoms with Crippen LogP contribution in [0.25, 0.3) is 0 Å². The number of carbonyl (C=O) groups excluding carboxylic acids is 1. The summed E-state index contributed by atoms with van der Waals surface area (Å²) in [6, 6.07) is 11.7. The lowest BCUT2D eigenvalue weighted by atomic mass is 10.1. The summed E-state index contributed by atoms with van der Waals surface area (Å²) in [7, 11) is 0. The number of hydrogen-bond acceptors (Lipinski definition) is 3. The largest absolute Gasteiger partial charge is 0.312 e. The lowest BCUT2D eigenvalue weighted by Crippen LogP contribution is -2.17. The molecule has 0 aliphatic rings. The minimum Gasteiger partial charge on any atom is -0.312 e. The summed E-state index contributed by atoms with van der Waals surface area (Å²) in [4.78, 5) is 15.9. The van der Waals surface area contributed by atoms with Crippen LogP contribution in [0, 0.1) is 6.92 Å². The first-order chi connectivity index (χ1) is 9.25. The van der Waals surface area contributed by atoms with Crippen LogP contribution in [0.15, 0.2) is 48.8 Å². The van der Waals surface area contributed by atoms with Crippen LogP contribution in [0.3, 0.4) is 0 Å². The predicted molar refractivity (Wildman–Crippen MR) is 76.1 cm³/mol. The number of aromatic nitrogens is 1. The van der Waals surface area contributed by atoms with Gasteiger partial charge in [-0.1, -0.05) is 29.8 Å². The topological polar surface area (TPSA) is 42.0 Å². The summed E-state index contributed by atoms with van der Waals surface area (Å²) in [5.74, 6) is 0.183. The van der Waals surface area contributed by atoms with Crippen LogP contribution < -0.4 is 5.32 Å². The highest BCUT2D eigenvalue weighted by Gasteiger charge is 2.04. The van der Waals surface area contributed by atoms with E-state index in [4.69, 9.17) is 0 Å². The first-order valence-corrected chi connectivity index (χ1v) is 6.45. The van der Waals surface area contributed by atoms with Gasteiger partial charge in [-0.15, -0.1) is 0 Å². The smallest absolute Gasteiger partial charge is 0.164 e. The number of benzene rings is 1. The normalized spacial score (nSPS) is 10.4. The van der Waals surface area contributed by atoms with Crippen molar-refractivity contribution in [2.45, 2.75) is 19.9 Å². The van der Waals surface area contributed by atoms with Crippen molar-refractivity contribution >= 4 is 5.78 Å². The molecule has 0 fully saturated rings. The van der Waals surface area contributed by atoms with Gasteiger partial charge >= 0.3 is 0 Å². The number of pyridine rings is 1. The van der Waals surface area contributed by atoms with Crippen LogP contribution >= 0.6 is 0 Å². The Balaban J connectivity index is 1.74. The van der Waals surface area contributed by atoms with Crippen LogP contribution in [-0.2, 0) is 6.54 Å². The van der Waals surface area contributed by atoms with E-state index >= 15 is 0 Å². The SMILES string of the molecule is Cc1ccc(C(=O)CCNCc2ccncc2)cc1. The molecular weight excluding hydrogens is 236 g/mol. The molecule has 0 spiro atoms. The van der Waals surface area contributed by atoms with Gasteiger partial charge in [-0.05, 0) is 24.6 Å². The predicted octanol–water partition coefficient (Wildman–Crippen LogP) is 2.75. The van der Waals surface area contributed by atoms with Gasteiger partial charge in [0, 0.05) is 37.5 Å². The lowest BCUT2D eigenvalue weighted by molar-refractivity contribution is 0.0982. The molecule has 0 saturated heterocycles. The molecular formula is C16H18N2O. The summed E-state index contributed by atoms with van der Waals surface area (Å²) in [5.41, 5.74) is 3.14. The molecule has 3 heteroatoms. The molecule has 1 N–H and O–H groups in total. The first kappa shape index (κ1) is 13.4. The Hall–Kier alpha value is -2.00. The number of rotatable bonds is 6. The standard InChI is InChI=1S/C16H18N2O/c1-13-2-4-15(5-3-13)16(19)8-11-18-12-14-6-9-17-10-7-14/h2-7,9-10,18H,8,11-12H2,1H3. The summed E-state index contributed by atoms with van der Waals surface area (Å²) in [5, 5.41) is 3.27. The highest BCUT2D eigenvalue weighted by Crippen LogP contribution is 2.05. The van der Waals surface area contributed by atoms with E-state index in [2.05, 4.69) is 10.3 Å². The fraction of sp³-hybridized carbons (Fsp3) is 0.250. The van der Waals surface area contributed by atoms with Crippen LogP contribution in [0.4, 0.5) is 0 Å². The average Bonchev–Trinajstić information content (AvgIpc) is 2.45. The Labute approximate surface area is 113 Å². The van der Waals surface area contributed by atoms with Crippen molar-refractivity contribution in [3.05, 3.63) is 65.5 Å². The molecule has 0 aliphatic heterocycles. The molecule has 2 aromatic rings. The molecule has 0 radical (unpaired) electrons. The van der Waals surface area contributed by atoms with Gasteiger partial charge in [-0.3, -0.25) is 9.78 Å². The molecule has 0 unspecified atom stereocenters. The van der Waals surface area contributed by atoms with Crippen molar-refractivity contribution in [2.24, 2.45) is 0 Å². The van der Waals surface area contributed by atoms with Gasteiger partial charge in [0.25, 0.3) is 0 Å². The second-order valence-corrected chi connectivity index (χ2v) is 4.57. The maximum atomic E-state index is 11.9. The summed E-state index contributed by atoms with van der Waals surface area (Å²) in [6.07, 6.45) is 4.07. The highest BCUT2D eigenvalue weighted by molar-refractivity contribution is 5.96. The number of nitrogens with zero attached hydrogens (tertiary/aromatic N) is 1. The second-order valence-electron chi connectivity index (χ2n) is 4.57. The Morgan fingerprint density at radius 1 is 1.11 bits per heavy atom. The lowest BCUT2D eigenvalue weighted by Gasteiger charge is -2.04. The van der Waals surface area contributed by atoms with E-state index in [-0.39, 0.29) is 5.78 Å². The van der Waals surface area contributed by atoms with E-state index in [1.54, 1.807) is 12.4 Å². The van der Waals surface area contributed by atoms with E-state index < -0.39 is 0 Å². The average molecular weight is 254 g/mol. The van der Waals surface area contributed by atoms with Gasteiger partial charge < -0.3 is 5.32 Å². The maximum absolute atomic E-state index is 11.9. The quantitative estimate of drug-likeness (QED) is 0.636. The fourth-order valence-corrected chi connectivity index (χ4v) is 1.82. The molecule has 0 aliphatic carbocycles. The molecule has 0 amide bonds. The van der Waals surface area contributed by atoms with Crippen LogP contribution in [0.5, 0.6) is 0 Å². The van der Waals surface area contributed by atoms with Gasteiger partial charge in [0.2, 0.25) is 0 Å². The zero-order valence-electron chi connectivity index (χ0n) is 11.1. The third-order valence-electron chi connectivity index (χ3n) is 2.98. The Kier molecular flexibility index (Phi) is 4.81. The molecule has 1 heterocycles. The van der Waals surface area contributed by atoms with E-state index in [9.17, 15) is 4.79 Å². The van der Waals surface area contributed by atoms with E-state index in [0.717, 1.165) is 12.1 Å². The number of ketones is 1. The van der Waals surface area contributed by atoms with Crippen molar-refractivity contribution in [2.75, 3.05) is 6.54 Å². The zero-order chi connectivity index (χ0) is 13.5. The molecule has 1 aromatic carbocycles. The molecule has 0 atom stereocenters. The monoisotopic (exact) mass is 254 g/mol. The van der Waals surface area contributed by atoms with Crippen molar-refractivity contribution < 1.29 is 4.79 Å². The number of aryl methyl sites for hydroxylation is 1. The van der Waals surface area contributed by atoms with Crippen molar-refractivity contribution in [3.63, 3.8) is 0 Å². The van der Waals surface area contributed by atoms with Crippen LogP contribution in [-0.4, -0.2) is 17.3 Å². The third-order valence-corrected chi connectivity index (χ3v) is 2.98. The van der Waals surface area contributed by atoms with Gasteiger partial charge in [0.05, 0.1) is 0 Å². The molecule has 2 rings (SSSR count).